The monoisotopic (exact) mass is 406 g/mol. The van der Waals surface area contributed by atoms with Gasteiger partial charge in [0, 0.05) is 51.7 Å². The molecule has 30 heavy (non-hydrogen) atoms. The molecule has 156 valence electrons. The SMILES string of the molecule is CN=C(NCCc1cnn(-c2ccccc2)c1)N1CCN(c2ccc(F)cc2)CC1. The molecule has 0 radical (unpaired) electrons. The Morgan fingerprint density at radius 1 is 1.00 bits per heavy atom. The largest absolute Gasteiger partial charge is 0.368 e. The Labute approximate surface area is 176 Å². The third-order valence-corrected chi connectivity index (χ3v) is 5.34. The number of piperazine rings is 1. The standard InChI is InChI=1S/C23H27FN6/c1-25-23(29-15-13-28(14-16-29)21-9-7-20(24)8-10-21)26-12-11-19-17-27-30(18-19)22-5-3-2-4-6-22/h2-10,17-18H,11-16H2,1H3,(H,25,26). The van der Waals surface area contributed by atoms with Crippen LogP contribution in [0.2, 0.25) is 0 Å². The number of hydrogen-bond acceptors (Lipinski definition) is 3. The first-order chi connectivity index (χ1) is 14.7. The van der Waals surface area contributed by atoms with Gasteiger partial charge in [-0.2, -0.15) is 5.10 Å². The molecule has 0 aliphatic carbocycles. The van der Waals surface area contributed by atoms with Crippen molar-refractivity contribution in [1.82, 2.24) is 20.0 Å². The number of para-hydroxylation sites is 1. The highest BCUT2D eigenvalue weighted by molar-refractivity contribution is 5.80. The van der Waals surface area contributed by atoms with E-state index in [-0.39, 0.29) is 5.82 Å². The van der Waals surface area contributed by atoms with Crippen LogP contribution in [-0.2, 0) is 6.42 Å². The average molecular weight is 407 g/mol. The molecule has 6 nitrogen and oxygen atoms in total. The molecule has 1 N–H and O–H groups in total. The zero-order valence-electron chi connectivity index (χ0n) is 17.2. The molecule has 1 aliphatic heterocycles. The summed E-state index contributed by atoms with van der Waals surface area (Å²) in [5, 5.41) is 7.93. The van der Waals surface area contributed by atoms with Crippen LogP contribution >= 0.6 is 0 Å². The zero-order valence-corrected chi connectivity index (χ0v) is 17.2. The topological polar surface area (TPSA) is 48.7 Å². The van der Waals surface area contributed by atoms with E-state index >= 15 is 0 Å². The van der Waals surface area contributed by atoms with Gasteiger partial charge < -0.3 is 15.1 Å². The van der Waals surface area contributed by atoms with Gasteiger partial charge in [0.15, 0.2) is 5.96 Å². The van der Waals surface area contributed by atoms with E-state index in [4.69, 9.17) is 0 Å². The van der Waals surface area contributed by atoms with Crippen LogP contribution in [0.3, 0.4) is 0 Å². The molecule has 4 rings (SSSR count). The van der Waals surface area contributed by atoms with Crippen LogP contribution in [0.5, 0.6) is 0 Å². The highest BCUT2D eigenvalue weighted by Crippen LogP contribution is 2.17. The number of aromatic nitrogens is 2. The molecule has 0 spiro atoms. The molecule has 0 bridgehead atoms. The number of nitrogens with zero attached hydrogens (tertiary/aromatic N) is 5. The van der Waals surface area contributed by atoms with Crippen molar-refractivity contribution < 1.29 is 4.39 Å². The molecule has 1 fully saturated rings. The lowest BCUT2D eigenvalue weighted by molar-refractivity contribution is 0.373. The molecule has 0 unspecified atom stereocenters. The molecule has 0 amide bonds. The van der Waals surface area contributed by atoms with Gasteiger partial charge in [-0.15, -0.1) is 0 Å². The molecule has 0 saturated carbocycles. The summed E-state index contributed by atoms with van der Waals surface area (Å²) < 4.78 is 15.0. The number of nitrogens with one attached hydrogen (secondary N) is 1. The van der Waals surface area contributed by atoms with Crippen LogP contribution in [-0.4, -0.2) is 60.4 Å². The van der Waals surface area contributed by atoms with Gasteiger partial charge >= 0.3 is 0 Å². The van der Waals surface area contributed by atoms with E-state index in [9.17, 15) is 4.39 Å². The molecule has 7 heteroatoms. The molecule has 2 heterocycles. The van der Waals surface area contributed by atoms with E-state index in [0.717, 1.165) is 56.5 Å². The predicted octanol–water partition coefficient (Wildman–Crippen LogP) is 2.95. The van der Waals surface area contributed by atoms with E-state index in [1.54, 1.807) is 0 Å². The summed E-state index contributed by atoms with van der Waals surface area (Å²) in [6, 6.07) is 16.8. The van der Waals surface area contributed by atoms with Gasteiger partial charge in [-0.3, -0.25) is 4.99 Å². The second kappa shape index (κ2) is 9.43. The summed E-state index contributed by atoms with van der Waals surface area (Å²) in [5.41, 5.74) is 3.31. The Balaban J connectivity index is 1.26. The highest BCUT2D eigenvalue weighted by atomic mass is 19.1. The lowest BCUT2D eigenvalue weighted by atomic mass is 10.2. The van der Waals surface area contributed by atoms with Crippen molar-refractivity contribution in [3.05, 3.63) is 78.4 Å². The summed E-state index contributed by atoms with van der Waals surface area (Å²) in [5.74, 6) is 0.723. The van der Waals surface area contributed by atoms with Gasteiger partial charge in [0.1, 0.15) is 5.82 Å². The summed E-state index contributed by atoms with van der Waals surface area (Å²) >= 11 is 0. The lowest BCUT2D eigenvalue weighted by Crippen LogP contribution is -2.52. The highest BCUT2D eigenvalue weighted by Gasteiger charge is 2.19. The first-order valence-electron chi connectivity index (χ1n) is 10.3. The van der Waals surface area contributed by atoms with Crippen LogP contribution in [0, 0.1) is 5.82 Å². The van der Waals surface area contributed by atoms with Crippen molar-refractivity contribution in [3.8, 4) is 5.69 Å². The van der Waals surface area contributed by atoms with Crippen LogP contribution in [0.4, 0.5) is 10.1 Å². The number of rotatable bonds is 5. The van der Waals surface area contributed by atoms with Gasteiger partial charge in [0.05, 0.1) is 11.9 Å². The van der Waals surface area contributed by atoms with Gasteiger partial charge in [-0.05, 0) is 48.4 Å². The van der Waals surface area contributed by atoms with E-state index in [1.807, 2.05) is 60.4 Å². The van der Waals surface area contributed by atoms with Gasteiger partial charge in [-0.1, -0.05) is 18.2 Å². The zero-order chi connectivity index (χ0) is 20.8. The Bertz CT molecular complexity index is 959. The van der Waals surface area contributed by atoms with Crippen molar-refractivity contribution >= 4 is 11.6 Å². The minimum absolute atomic E-state index is 0.198. The normalized spacial score (nSPS) is 14.8. The Kier molecular flexibility index (Phi) is 6.27. The fraction of sp³-hybridized carbons (Fsp3) is 0.304. The van der Waals surface area contributed by atoms with Crippen LogP contribution < -0.4 is 10.2 Å². The molecule has 1 saturated heterocycles. The Hall–Kier alpha value is -3.35. The first kappa shape index (κ1) is 19.9. The van der Waals surface area contributed by atoms with Crippen molar-refractivity contribution in [2.75, 3.05) is 44.7 Å². The maximum Gasteiger partial charge on any atom is 0.193 e. The van der Waals surface area contributed by atoms with Crippen LogP contribution in [0.25, 0.3) is 5.69 Å². The maximum absolute atomic E-state index is 13.1. The predicted molar refractivity (Wildman–Crippen MR) is 119 cm³/mol. The fourth-order valence-electron chi connectivity index (χ4n) is 3.69. The van der Waals surface area contributed by atoms with Gasteiger partial charge in [0.25, 0.3) is 0 Å². The van der Waals surface area contributed by atoms with E-state index in [2.05, 4.69) is 31.4 Å². The van der Waals surface area contributed by atoms with E-state index in [0.29, 0.717) is 0 Å². The maximum atomic E-state index is 13.1. The second-order valence-corrected chi connectivity index (χ2v) is 7.30. The lowest BCUT2D eigenvalue weighted by Gasteiger charge is -2.37. The molecule has 1 aromatic heterocycles. The third-order valence-electron chi connectivity index (χ3n) is 5.34. The van der Waals surface area contributed by atoms with Crippen LogP contribution in [0.15, 0.2) is 72.0 Å². The fourth-order valence-corrected chi connectivity index (χ4v) is 3.69. The van der Waals surface area contributed by atoms with Crippen LogP contribution in [0.1, 0.15) is 5.56 Å². The summed E-state index contributed by atoms with van der Waals surface area (Å²) in [6.45, 7) is 4.32. The number of benzene rings is 2. The third kappa shape index (κ3) is 4.79. The minimum atomic E-state index is -0.198. The van der Waals surface area contributed by atoms with Crippen molar-refractivity contribution in [3.63, 3.8) is 0 Å². The average Bonchev–Trinajstić information content (AvgIpc) is 3.27. The molecule has 1 aliphatic rings. The van der Waals surface area contributed by atoms with Crippen molar-refractivity contribution in [2.24, 2.45) is 4.99 Å². The second-order valence-electron chi connectivity index (χ2n) is 7.30. The number of halogens is 1. The number of guanidine groups is 1. The smallest absolute Gasteiger partial charge is 0.193 e. The number of aliphatic imine (C=N–C) groups is 1. The summed E-state index contributed by atoms with van der Waals surface area (Å²) in [7, 11) is 1.82. The number of anilines is 1. The first-order valence-corrected chi connectivity index (χ1v) is 10.3. The Morgan fingerprint density at radius 2 is 1.73 bits per heavy atom. The summed E-state index contributed by atoms with van der Waals surface area (Å²) in [6.07, 6.45) is 4.86. The van der Waals surface area contributed by atoms with E-state index in [1.165, 1.54) is 17.7 Å². The molecule has 2 aromatic carbocycles. The Morgan fingerprint density at radius 3 is 2.43 bits per heavy atom. The number of hydrogen-bond donors (Lipinski definition) is 1. The van der Waals surface area contributed by atoms with E-state index < -0.39 is 0 Å². The van der Waals surface area contributed by atoms with Gasteiger partial charge in [-0.25, -0.2) is 9.07 Å². The molecular formula is C23H27FN6. The minimum Gasteiger partial charge on any atom is -0.368 e. The molecule has 0 atom stereocenters. The molecular weight excluding hydrogens is 379 g/mol. The quantitative estimate of drug-likeness (QED) is 0.523. The summed E-state index contributed by atoms with van der Waals surface area (Å²) in [4.78, 5) is 9.00. The van der Waals surface area contributed by atoms with Crippen molar-refractivity contribution in [2.45, 2.75) is 6.42 Å². The van der Waals surface area contributed by atoms with Gasteiger partial charge in [0.2, 0.25) is 0 Å². The van der Waals surface area contributed by atoms with Crippen molar-refractivity contribution in [1.29, 1.82) is 0 Å². The molecule has 3 aromatic rings.